The van der Waals surface area contributed by atoms with Crippen molar-refractivity contribution in [3.63, 3.8) is 0 Å². The number of ether oxygens (including phenoxy) is 3. The van der Waals surface area contributed by atoms with Gasteiger partial charge in [-0.05, 0) is 0 Å². The smallest absolute Gasteiger partial charge is 0.747 e. The van der Waals surface area contributed by atoms with Crippen molar-refractivity contribution in [2.24, 2.45) is 5.92 Å². The fourth-order valence-electron chi connectivity index (χ4n) is 3.17. The molecule has 0 heterocycles. The van der Waals surface area contributed by atoms with Crippen LogP contribution in [0.25, 0.3) is 0 Å². The fourth-order valence-corrected chi connectivity index (χ4v) is 4.08. The molecule has 0 spiro atoms. The van der Waals surface area contributed by atoms with Crippen molar-refractivity contribution in [3.8, 4) is 0 Å². The third-order valence-corrected chi connectivity index (χ3v) is 7.19. The third-order valence-electron chi connectivity index (χ3n) is 6.04. The van der Waals surface area contributed by atoms with Crippen LogP contribution in [0, 0.1) is 5.92 Å². The Morgan fingerprint density at radius 1 is 0.491 bits per heavy atom. The van der Waals surface area contributed by atoms with Crippen LogP contribution in [0.4, 0.5) is 92.2 Å². The predicted molar refractivity (Wildman–Crippen MR) is 116 cm³/mol. The second-order valence-electron chi connectivity index (χ2n) is 9.86. The van der Waals surface area contributed by atoms with Crippen LogP contribution in [0.1, 0.15) is 25.7 Å². The molecular formula is C21H16F21NaO9S. The van der Waals surface area contributed by atoms with Gasteiger partial charge in [0, 0.05) is 0 Å². The molecule has 308 valence electrons. The second-order valence-corrected chi connectivity index (χ2v) is 11.4. The molecule has 0 radical (unpaired) electrons. The first-order valence-corrected chi connectivity index (χ1v) is 14.0. The summed E-state index contributed by atoms with van der Waals surface area (Å²) in [4.78, 5) is 36.6. The van der Waals surface area contributed by atoms with Crippen molar-refractivity contribution in [3.05, 3.63) is 0 Å². The van der Waals surface area contributed by atoms with Gasteiger partial charge in [-0.3, -0.25) is 14.4 Å². The summed E-state index contributed by atoms with van der Waals surface area (Å²) in [5.41, 5.74) is 0. The Bertz CT molecular complexity index is 1380. The average Bonchev–Trinajstić information content (AvgIpc) is 2.89. The standard InChI is InChI=1S/C21H17F21O9S.Na/c22-13(23,16(28,29)19(34,35)36)1-4-49-9(43)7-8(11(44)50-5-2-14(24,25)17(30,31)20(37,38)39)10(52(46,47)48)12(45)51-6-3-15(26,27)18(32,33)21(40,41)42;/h8,10H,1-7H2,(H,46,47,48);/q;+1/p-1. The number of carbonyl (C=O) groups excluding carboxylic acids is 3. The number of hydrogen-bond acceptors (Lipinski definition) is 9. The SMILES string of the molecule is O=C(CC(C(=O)OCCC(F)(F)C(F)(F)C(F)(F)F)C(C(=O)OCCC(F)(F)C(F)(F)C(F)(F)F)S(=O)(=O)[O-])OCCC(F)(F)C(F)(F)C(F)(F)F.[Na+]. The van der Waals surface area contributed by atoms with Crippen molar-refractivity contribution < 1.29 is 163 Å². The summed E-state index contributed by atoms with van der Waals surface area (Å²) in [5, 5.41) is -4.07. The van der Waals surface area contributed by atoms with Gasteiger partial charge in [-0.25, -0.2) is 8.42 Å². The van der Waals surface area contributed by atoms with Crippen LogP contribution in [0.2, 0.25) is 0 Å². The molecule has 0 aliphatic heterocycles. The molecule has 0 aliphatic carbocycles. The number of halogens is 21. The number of carbonyl (C=O) groups is 3. The van der Waals surface area contributed by atoms with Gasteiger partial charge in [-0.2, -0.15) is 92.2 Å². The van der Waals surface area contributed by atoms with Crippen molar-refractivity contribution in [2.75, 3.05) is 19.8 Å². The minimum Gasteiger partial charge on any atom is -0.747 e. The Morgan fingerprint density at radius 3 is 1.02 bits per heavy atom. The Morgan fingerprint density at radius 2 is 0.755 bits per heavy atom. The number of esters is 3. The first-order valence-electron chi connectivity index (χ1n) is 12.5. The summed E-state index contributed by atoms with van der Waals surface area (Å²) in [6.45, 7) is -7.13. The monoisotopic (exact) mass is 866 g/mol. The minimum atomic E-state index is -7.00. The van der Waals surface area contributed by atoms with Gasteiger partial charge in [0.05, 0.1) is 51.4 Å². The molecule has 0 rings (SSSR count). The predicted octanol–water partition coefficient (Wildman–Crippen LogP) is 3.21. The molecule has 0 aromatic rings. The van der Waals surface area contributed by atoms with Crippen molar-refractivity contribution in [1.82, 2.24) is 0 Å². The second kappa shape index (κ2) is 17.3. The maximum absolute atomic E-state index is 13.5. The zero-order chi connectivity index (χ0) is 42.0. The maximum Gasteiger partial charge on any atom is 1.00 e. The van der Waals surface area contributed by atoms with Gasteiger partial charge in [0.15, 0.2) is 5.25 Å². The summed E-state index contributed by atoms with van der Waals surface area (Å²) in [7, 11) is -6.76. The molecule has 32 heteroatoms. The molecule has 0 amide bonds. The van der Waals surface area contributed by atoms with E-state index < -0.39 is 139 Å². The summed E-state index contributed by atoms with van der Waals surface area (Å²) >= 11 is 0. The van der Waals surface area contributed by atoms with Gasteiger partial charge < -0.3 is 18.8 Å². The summed E-state index contributed by atoms with van der Waals surface area (Å²) in [6, 6.07) is 0. The molecule has 9 nitrogen and oxygen atoms in total. The van der Waals surface area contributed by atoms with E-state index in [9.17, 15) is 120 Å². The number of alkyl halides is 21. The van der Waals surface area contributed by atoms with Gasteiger partial charge in [0.2, 0.25) is 0 Å². The van der Waals surface area contributed by atoms with Crippen LogP contribution in [-0.4, -0.2) is 110 Å². The molecule has 2 unspecified atom stereocenters. The van der Waals surface area contributed by atoms with Crippen LogP contribution < -0.4 is 29.6 Å². The molecule has 0 saturated heterocycles. The van der Waals surface area contributed by atoms with E-state index in [1.807, 2.05) is 0 Å². The summed E-state index contributed by atoms with van der Waals surface area (Å²) in [5.74, 6) is -51.2. The molecule has 0 N–H and O–H groups in total. The first kappa shape index (κ1) is 53.0. The molecular weight excluding hydrogens is 850 g/mol. The van der Waals surface area contributed by atoms with E-state index in [1.165, 1.54) is 0 Å². The van der Waals surface area contributed by atoms with Crippen molar-refractivity contribution in [2.45, 2.75) is 85.0 Å². The van der Waals surface area contributed by atoms with E-state index in [0.717, 1.165) is 0 Å². The van der Waals surface area contributed by atoms with Crippen LogP contribution in [0.5, 0.6) is 0 Å². The van der Waals surface area contributed by atoms with Gasteiger partial charge in [-0.15, -0.1) is 0 Å². The quantitative estimate of drug-likeness (QED) is 0.0670. The van der Waals surface area contributed by atoms with Gasteiger partial charge >= 0.3 is 102 Å². The molecule has 0 saturated carbocycles. The molecule has 0 fully saturated rings. The molecule has 53 heavy (non-hydrogen) atoms. The molecule has 0 aromatic heterocycles. The number of rotatable bonds is 18. The van der Waals surface area contributed by atoms with Gasteiger partial charge in [0.25, 0.3) is 0 Å². The van der Waals surface area contributed by atoms with E-state index in [4.69, 9.17) is 0 Å². The van der Waals surface area contributed by atoms with Gasteiger partial charge in [0.1, 0.15) is 10.1 Å². The topological polar surface area (TPSA) is 136 Å². The molecule has 0 bridgehead atoms. The Kier molecular flexibility index (Phi) is 17.3. The van der Waals surface area contributed by atoms with Crippen molar-refractivity contribution >= 4 is 28.0 Å². The largest absolute Gasteiger partial charge is 1.00 e. The zero-order valence-electron chi connectivity index (χ0n) is 25.1. The third kappa shape index (κ3) is 12.7. The van der Waals surface area contributed by atoms with E-state index in [0.29, 0.717) is 0 Å². The van der Waals surface area contributed by atoms with Crippen LogP contribution in [0.3, 0.4) is 0 Å². The molecule has 0 aromatic carbocycles. The number of hydrogen-bond donors (Lipinski definition) is 0. The Hall–Kier alpha value is -2.15. The van der Waals surface area contributed by atoms with E-state index in [1.54, 1.807) is 0 Å². The summed E-state index contributed by atoms with van der Waals surface area (Å²) in [6.07, 6.45) is -31.9. The van der Waals surface area contributed by atoms with E-state index in [-0.39, 0.29) is 29.6 Å². The molecule has 0 aliphatic rings. The first-order chi connectivity index (χ1) is 22.6. The summed E-state index contributed by atoms with van der Waals surface area (Å²) < 4.78 is 315. The van der Waals surface area contributed by atoms with Crippen LogP contribution in [-0.2, 0) is 38.7 Å². The Labute approximate surface area is 301 Å². The van der Waals surface area contributed by atoms with E-state index >= 15 is 0 Å². The normalized spacial score (nSPS) is 15.6. The van der Waals surface area contributed by atoms with E-state index in [2.05, 4.69) is 14.2 Å². The fraction of sp³-hybridized carbons (Fsp3) is 0.857. The average molecular weight is 866 g/mol. The zero-order valence-corrected chi connectivity index (χ0v) is 27.9. The van der Waals surface area contributed by atoms with Crippen LogP contribution >= 0.6 is 0 Å². The maximum atomic E-state index is 13.5. The Balaban J connectivity index is 0. The van der Waals surface area contributed by atoms with Crippen LogP contribution in [0.15, 0.2) is 0 Å². The van der Waals surface area contributed by atoms with Gasteiger partial charge in [-0.1, -0.05) is 0 Å². The van der Waals surface area contributed by atoms with Crippen molar-refractivity contribution in [1.29, 1.82) is 0 Å². The molecule has 2 atom stereocenters. The minimum absolute atomic E-state index is 0.